The van der Waals surface area contributed by atoms with E-state index in [0.29, 0.717) is 11.5 Å². The molecule has 0 aliphatic carbocycles. The molecule has 1 heterocycles. The fraction of sp³-hybridized carbons (Fsp3) is 0.0625. The summed E-state index contributed by atoms with van der Waals surface area (Å²) >= 11 is 0. The quantitative estimate of drug-likeness (QED) is 0.702. The molecule has 0 aliphatic rings. The molecule has 1 aromatic heterocycles. The first-order chi connectivity index (χ1) is 10.5. The minimum atomic E-state index is -4.35. The lowest BCUT2D eigenvalue weighted by Crippen LogP contribution is -2.03. The number of alkyl halides is 3. The zero-order valence-electron chi connectivity index (χ0n) is 11.3. The normalized spacial score (nSPS) is 11.4. The highest BCUT2D eigenvalue weighted by Crippen LogP contribution is 2.31. The van der Waals surface area contributed by atoms with Crippen LogP contribution >= 0.6 is 0 Å². The van der Waals surface area contributed by atoms with Gasteiger partial charge in [0.1, 0.15) is 5.75 Å². The fourth-order valence-corrected chi connectivity index (χ4v) is 1.93. The predicted octanol–water partition coefficient (Wildman–Crippen LogP) is 4.68. The van der Waals surface area contributed by atoms with Gasteiger partial charge in [-0.25, -0.2) is 4.68 Å². The molecule has 0 spiro atoms. The summed E-state index contributed by atoms with van der Waals surface area (Å²) < 4.78 is 44.6. The van der Waals surface area contributed by atoms with Gasteiger partial charge in [0.05, 0.1) is 23.6 Å². The zero-order valence-corrected chi connectivity index (χ0v) is 11.3. The molecular weight excluding hydrogens is 293 g/mol. The molecule has 0 radical (unpaired) electrons. The first-order valence-corrected chi connectivity index (χ1v) is 6.47. The maximum absolute atomic E-state index is 12.5. The average Bonchev–Trinajstić information content (AvgIpc) is 2.96. The minimum absolute atomic E-state index is 0.320. The number of para-hydroxylation sites is 1. The second kappa shape index (κ2) is 5.55. The van der Waals surface area contributed by atoms with Crippen LogP contribution in [0.25, 0.3) is 5.69 Å². The molecule has 0 bridgehead atoms. The van der Waals surface area contributed by atoms with E-state index in [1.165, 1.54) is 18.3 Å². The second-order valence-corrected chi connectivity index (χ2v) is 4.58. The van der Waals surface area contributed by atoms with Gasteiger partial charge in [-0.3, -0.25) is 0 Å². The highest BCUT2D eigenvalue weighted by Gasteiger charge is 2.30. The highest BCUT2D eigenvalue weighted by molar-refractivity contribution is 5.35. The molecule has 0 saturated heterocycles. The van der Waals surface area contributed by atoms with Gasteiger partial charge >= 0.3 is 6.18 Å². The third kappa shape index (κ3) is 3.11. The maximum atomic E-state index is 12.5. The van der Waals surface area contributed by atoms with Crippen LogP contribution in [-0.2, 0) is 6.18 Å². The van der Waals surface area contributed by atoms with E-state index in [-0.39, 0.29) is 0 Å². The van der Waals surface area contributed by atoms with Crippen LogP contribution in [0.5, 0.6) is 11.5 Å². The molecule has 3 aromatic rings. The molecule has 0 amide bonds. The average molecular weight is 304 g/mol. The monoisotopic (exact) mass is 304 g/mol. The Morgan fingerprint density at radius 1 is 0.864 bits per heavy atom. The lowest BCUT2D eigenvalue weighted by atomic mass is 10.2. The van der Waals surface area contributed by atoms with Crippen molar-refractivity contribution in [2.45, 2.75) is 6.18 Å². The Morgan fingerprint density at radius 2 is 1.55 bits per heavy atom. The van der Waals surface area contributed by atoms with Gasteiger partial charge in [0.15, 0.2) is 5.75 Å². The van der Waals surface area contributed by atoms with Crippen molar-refractivity contribution in [2.75, 3.05) is 0 Å². The van der Waals surface area contributed by atoms with Crippen LogP contribution in [0.3, 0.4) is 0 Å². The minimum Gasteiger partial charge on any atom is -0.454 e. The summed E-state index contributed by atoms with van der Waals surface area (Å²) in [6, 6.07) is 14.0. The topological polar surface area (TPSA) is 27.1 Å². The number of rotatable bonds is 3. The van der Waals surface area contributed by atoms with Gasteiger partial charge in [-0.05, 0) is 36.4 Å². The Balaban J connectivity index is 1.76. The number of hydrogen-bond donors (Lipinski definition) is 0. The van der Waals surface area contributed by atoms with Crippen LogP contribution in [0.15, 0.2) is 67.0 Å². The van der Waals surface area contributed by atoms with Crippen molar-refractivity contribution < 1.29 is 17.9 Å². The van der Waals surface area contributed by atoms with Gasteiger partial charge in [-0.2, -0.15) is 18.3 Å². The SMILES string of the molecule is FC(F)(F)c1ccc(Oc2cnn(-c3ccccc3)c2)cc1. The molecule has 0 N–H and O–H groups in total. The summed E-state index contributed by atoms with van der Waals surface area (Å²) in [5.74, 6) is 0.768. The third-order valence-corrected chi connectivity index (χ3v) is 3.00. The first kappa shape index (κ1) is 14.2. The highest BCUT2D eigenvalue weighted by atomic mass is 19.4. The molecule has 2 aromatic carbocycles. The van der Waals surface area contributed by atoms with Crippen LogP contribution in [0.4, 0.5) is 13.2 Å². The van der Waals surface area contributed by atoms with Crippen molar-refractivity contribution in [1.29, 1.82) is 0 Å². The van der Waals surface area contributed by atoms with E-state index in [4.69, 9.17) is 4.74 Å². The Morgan fingerprint density at radius 3 is 2.18 bits per heavy atom. The van der Waals surface area contributed by atoms with Crippen molar-refractivity contribution in [3.8, 4) is 17.2 Å². The van der Waals surface area contributed by atoms with Gasteiger partial charge in [-0.15, -0.1) is 0 Å². The molecule has 0 unspecified atom stereocenters. The van der Waals surface area contributed by atoms with Gasteiger partial charge in [0.25, 0.3) is 0 Å². The Bertz CT molecular complexity index is 749. The summed E-state index contributed by atoms with van der Waals surface area (Å²) in [5.41, 5.74) is 0.157. The number of aromatic nitrogens is 2. The van der Waals surface area contributed by atoms with Crippen LogP contribution in [0.2, 0.25) is 0 Å². The van der Waals surface area contributed by atoms with Gasteiger partial charge in [0, 0.05) is 0 Å². The number of halogens is 3. The largest absolute Gasteiger partial charge is 0.454 e. The Kier molecular flexibility index (Phi) is 3.58. The van der Waals surface area contributed by atoms with Crippen molar-refractivity contribution >= 4 is 0 Å². The molecule has 0 aliphatic heterocycles. The third-order valence-electron chi connectivity index (χ3n) is 3.00. The molecule has 3 rings (SSSR count). The summed E-state index contributed by atoms with van der Waals surface area (Å²) in [6.07, 6.45) is -1.19. The summed E-state index contributed by atoms with van der Waals surface area (Å²) in [4.78, 5) is 0. The molecule has 112 valence electrons. The van der Waals surface area contributed by atoms with E-state index in [9.17, 15) is 13.2 Å². The van der Waals surface area contributed by atoms with Crippen molar-refractivity contribution in [2.24, 2.45) is 0 Å². The van der Waals surface area contributed by atoms with E-state index >= 15 is 0 Å². The van der Waals surface area contributed by atoms with Crippen molar-refractivity contribution in [3.05, 3.63) is 72.6 Å². The second-order valence-electron chi connectivity index (χ2n) is 4.58. The predicted molar refractivity (Wildman–Crippen MR) is 75.1 cm³/mol. The number of ether oxygens (including phenoxy) is 1. The van der Waals surface area contributed by atoms with Crippen molar-refractivity contribution in [1.82, 2.24) is 9.78 Å². The fourth-order valence-electron chi connectivity index (χ4n) is 1.93. The van der Waals surface area contributed by atoms with Gasteiger partial charge in [0.2, 0.25) is 0 Å². The molecule has 0 fully saturated rings. The number of benzene rings is 2. The zero-order chi connectivity index (χ0) is 15.6. The molecule has 6 heteroatoms. The van der Waals surface area contributed by atoms with Crippen LogP contribution in [0, 0.1) is 0 Å². The molecule has 22 heavy (non-hydrogen) atoms. The van der Waals surface area contributed by atoms with Gasteiger partial charge < -0.3 is 4.74 Å². The van der Waals surface area contributed by atoms with E-state index in [0.717, 1.165) is 17.8 Å². The Hall–Kier alpha value is -2.76. The van der Waals surface area contributed by atoms with Gasteiger partial charge in [-0.1, -0.05) is 18.2 Å². The lowest BCUT2D eigenvalue weighted by Gasteiger charge is -2.07. The maximum Gasteiger partial charge on any atom is 0.416 e. The van der Waals surface area contributed by atoms with Crippen molar-refractivity contribution in [3.63, 3.8) is 0 Å². The van der Waals surface area contributed by atoms with E-state index in [1.807, 2.05) is 30.3 Å². The summed E-state index contributed by atoms with van der Waals surface area (Å²) in [5, 5.41) is 4.15. The molecule has 3 nitrogen and oxygen atoms in total. The van der Waals surface area contributed by atoms with Crippen LogP contribution in [0.1, 0.15) is 5.56 Å². The molecule has 0 atom stereocenters. The Labute approximate surface area is 124 Å². The molecular formula is C16H11F3N2O. The van der Waals surface area contributed by atoms with E-state index in [1.54, 1.807) is 10.9 Å². The number of hydrogen-bond acceptors (Lipinski definition) is 2. The number of nitrogens with zero attached hydrogens (tertiary/aromatic N) is 2. The summed E-state index contributed by atoms with van der Waals surface area (Å²) in [6.45, 7) is 0. The standard InChI is InChI=1S/C16H11F3N2O/c17-16(18,19)12-6-8-14(9-7-12)22-15-10-20-21(11-15)13-4-2-1-3-5-13/h1-11H. The first-order valence-electron chi connectivity index (χ1n) is 6.47. The van der Waals surface area contributed by atoms with Crippen LogP contribution in [-0.4, -0.2) is 9.78 Å². The smallest absolute Gasteiger partial charge is 0.416 e. The van der Waals surface area contributed by atoms with Crippen LogP contribution < -0.4 is 4.74 Å². The molecule has 0 saturated carbocycles. The van der Waals surface area contributed by atoms with E-state index < -0.39 is 11.7 Å². The lowest BCUT2D eigenvalue weighted by molar-refractivity contribution is -0.137. The summed E-state index contributed by atoms with van der Waals surface area (Å²) in [7, 11) is 0. The van der Waals surface area contributed by atoms with E-state index in [2.05, 4.69) is 5.10 Å².